The van der Waals surface area contributed by atoms with E-state index >= 15 is 0 Å². The highest BCUT2D eigenvalue weighted by atomic mass is 32.2. The summed E-state index contributed by atoms with van der Waals surface area (Å²) in [5.74, 6) is 0.789. The number of aromatic nitrogens is 2. The lowest BCUT2D eigenvalue weighted by Crippen LogP contribution is -2.48. The molecule has 142 valence electrons. The smallest absolute Gasteiger partial charge is 0.314 e. The highest BCUT2D eigenvalue weighted by Crippen LogP contribution is 2.48. The molecule has 1 aromatic carbocycles. The van der Waals surface area contributed by atoms with E-state index in [1.165, 1.54) is 12.3 Å². The summed E-state index contributed by atoms with van der Waals surface area (Å²) in [4.78, 5) is 16.7. The minimum atomic E-state index is -4.42. The number of thiol groups is 1. The molecule has 0 bridgehead atoms. The number of benzene rings is 1. The Morgan fingerprint density at radius 2 is 2.12 bits per heavy atom. The molecule has 2 aliphatic rings. The van der Waals surface area contributed by atoms with Crippen LogP contribution in [-0.2, 0) is 12.7 Å². The summed E-state index contributed by atoms with van der Waals surface area (Å²) in [6, 6.07) is 2.63. The van der Waals surface area contributed by atoms with Crippen molar-refractivity contribution in [3.8, 4) is 0 Å². The van der Waals surface area contributed by atoms with Crippen LogP contribution in [0, 0.1) is 0 Å². The average molecular weight is 386 g/mol. The molecule has 1 aromatic heterocycles. The van der Waals surface area contributed by atoms with Gasteiger partial charge in [-0.25, -0.2) is 9.78 Å². The fourth-order valence-electron chi connectivity index (χ4n) is 3.85. The highest BCUT2D eigenvalue weighted by molar-refractivity contribution is 8.15. The Hall–Kier alpha value is -1.58. The Labute approximate surface area is 151 Å². The zero-order chi connectivity index (χ0) is 18.5. The minimum absolute atomic E-state index is 0.250. The minimum Gasteiger partial charge on any atom is -0.314 e. The van der Waals surface area contributed by atoms with Crippen molar-refractivity contribution in [1.82, 2.24) is 19.2 Å². The van der Waals surface area contributed by atoms with E-state index in [0.29, 0.717) is 22.3 Å². The molecule has 2 aromatic rings. The van der Waals surface area contributed by atoms with Crippen molar-refractivity contribution in [1.29, 1.82) is 0 Å². The number of halogens is 3. The number of piperazine rings is 1. The second-order valence-electron chi connectivity index (χ2n) is 6.82. The predicted molar refractivity (Wildman–Crippen MR) is 96.8 cm³/mol. The number of nitrogens with zero attached hydrogens (tertiary/aromatic N) is 3. The Morgan fingerprint density at radius 3 is 2.85 bits per heavy atom. The van der Waals surface area contributed by atoms with Crippen LogP contribution in [0.3, 0.4) is 0 Å². The van der Waals surface area contributed by atoms with Crippen LogP contribution in [0.2, 0.25) is 0 Å². The molecule has 0 spiro atoms. The summed E-state index contributed by atoms with van der Waals surface area (Å²) >= 11 is -0.931. The van der Waals surface area contributed by atoms with Gasteiger partial charge in [-0.3, -0.25) is 8.87 Å². The molecule has 2 atom stereocenters. The third-order valence-corrected chi connectivity index (χ3v) is 7.92. The Morgan fingerprint density at radius 1 is 1.31 bits per heavy atom. The van der Waals surface area contributed by atoms with E-state index in [4.69, 9.17) is 0 Å². The molecular formula is C17H21F3N4OS. The van der Waals surface area contributed by atoms with Gasteiger partial charge in [-0.2, -0.15) is 24.3 Å². The fourth-order valence-corrected chi connectivity index (χ4v) is 6.74. The van der Waals surface area contributed by atoms with Crippen LogP contribution in [0.1, 0.15) is 18.9 Å². The van der Waals surface area contributed by atoms with Crippen LogP contribution >= 0.6 is 11.1 Å². The molecule has 1 N–H and O–H groups in total. The van der Waals surface area contributed by atoms with Gasteiger partial charge in [0.25, 0.3) is 0 Å². The lowest BCUT2D eigenvalue weighted by atomic mass is 10.1. The van der Waals surface area contributed by atoms with Gasteiger partial charge in [0.2, 0.25) is 0 Å². The summed E-state index contributed by atoms with van der Waals surface area (Å²) in [7, 11) is 0. The maximum atomic E-state index is 13.5. The third-order valence-electron chi connectivity index (χ3n) is 5.07. The molecular weight excluding hydrogens is 365 g/mol. The monoisotopic (exact) mass is 386 g/mol. The quantitative estimate of drug-likeness (QED) is 0.739. The number of hydrogen-bond donors (Lipinski definition) is 2. The number of nitrogens with one attached hydrogen (secondary N) is 1. The molecule has 0 aliphatic carbocycles. The number of alkyl halides is 3. The van der Waals surface area contributed by atoms with Gasteiger partial charge in [-0.15, -0.1) is 0 Å². The van der Waals surface area contributed by atoms with Crippen molar-refractivity contribution in [2.45, 2.75) is 37.0 Å². The molecule has 0 amide bonds. The summed E-state index contributed by atoms with van der Waals surface area (Å²) in [6.45, 7) is 5.06. The van der Waals surface area contributed by atoms with Crippen LogP contribution in [0.4, 0.5) is 13.2 Å². The first-order chi connectivity index (χ1) is 12.4. The van der Waals surface area contributed by atoms with Gasteiger partial charge in [0.05, 0.1) is 11.1 Å². The Balaban J connectivity index is 1.97. The van der Waals surface area contributed by atoms with Crippen molar-refractivity contribution in [3.63, 3.8) is 0 Å². The summed E-state index contributed by atoms with van der Waals surface area (Å²) in [6.07, 6.45) is -2.37. The van der Waals surface area contributed by atoms with Crippen molar-refractivity contribution in [2.24, 2.45) is 0 Å². The van der Waals surface area contributed by atoms with Crippen molar-refractivity contribution >= 4 is 22.0 Å². The van der Waals surface area contributed by atoms with E-state index in [0.717, 1.165) is 37.9 Å². The van der Waals surface area contributed by atoms with Crippen molar-refractivity contribution in [3.05, 3.63) is 34.4 Å². The SMILES string of the molecule is CC1CNCCN1[SH]1CCCn2c(=O)ncc3cc(C(F)(F)F)cc1c32. The summed E-state index contributed by atoms with van der Waals surface area (Å²) in [5, 5.41) is 3.73. The van der Waals surface area contributed by atoms with E-state index in [9.17, 15) is 18.0 Å². The summed E-state index contributed by atoms with van der Waals surface area (Å²) in [5.41, 5.74) is -0.416. The van der Waals surface area contributed by atoms with Crippen molar-refractivity contribution < 1.29 is 13.2 Å². The first-order valence-corrected chi connectivity index (χ1v) is 10.2. The normalized spacial score (nSPS) is 26.0. The topological polar surface area (TPSA) is 50.2 Å². The van der Waals surface area contributed by atoms with E-state index in [1.807, 2.05) is 0 Å². The largest absolute Gasteiger partial charge is 0.416 e. The molecule has 0 saturated carbocycles. The van der Waals surface area contributed by atoms with E-state index in [2.05, 4.69) is 21.5 Å². The van der Waals surface area contributed by atoms with E-state index in [1.54, 1.807) is 4.57 Å². The standard InChI is InChI=1S/C17H21F3N4OS/c1-11-9-21-3-5-24(11)26-6-2-4-23-15-12(10-22-16(23)25)7-13(8-14(15)26)17(18,19)20/h7-8,10-11,21,26H,2-6,9H2,1H3. The third kappa shape index (κ3) is 3.01. The number of aryl methyl sites for hydroxylation is 1. The maximum absolute atomic E-state index is 13.5. The molecule has 4 rings (SSSR count). The molecule has 2 aliphatic heterocycles. The molecule has 26 heavy (non-hydrogen) atoms. The average Bonchev–Trinajstić information content (AvgIpc) is 2.79. The first kappa shape index (κ1) is 17.8. The van der Waals surface area contributed by atoms with Crippen molar-refractivity contribution in [2.75, 3.05) is 25.4 Å². The molecule has 5 nitrogen and oxygen atoms in total. The van der Waals surface area contributed by atoms with Gasteiger partial charge in [0.1, 0.15) is 0 Å². The first-order valence-electron chi connectivity index (χ1n) is 8.72. The second-order valence-corrected chi connectivity index (χ2v) is 9.06. The molecule has 9 heteroatoms. The van der Waals surface area contributed by atoms with Gasteiger partial charge in [0, 0.05) is 48.7 Å². The lowest BCUT2D eigenvalue weighted by Gasteiger charge is -2.42. The van der Waals surface area contributed by atoms with Crippen LogP contribution in [0.5, 0.6) is 0 Å². The van der Waals surface area contributed by atoms with Crippen LogP contribution < -0.4 is 11.0 Å². The maximum Gasteiger partial charge on any atom is 0.416 e. The second kappa shape index (κ2) is 6.54. The van der Waals surface area contributed by atoms with Gasteiger partial charge in [0.15, 0.2) is 0 Å². The molecule has 0 radical (unpaired) electrons. The van der Waals surface area contributed by atoms with Crippen LogP contribution in [-0.4, -0.2) is 45.3 Å². The Kier molecular flexibility index (Phi) is 4.48. The zero-order valence-electron chi connectivity index (χ0n) is 14.4. The number of hydrogen-bond acceptors (Lipinski definition) is 4. The van der Waals surface area contributed by atoms with Gasteiger partial charge in [-0.05, 0) is 31.2 Å². The molecule has 2 unspecified atom stereocenters. The van der Waals surface area contributed by atoms with E-state index < -0.39 is 22.8 Å². The number of rotatable bonds is 1. The summed E-state index contributed by atoms with van der Waals surface area (Å²) < 4.78 is 44.3. The van der Waals surface area contributed by atoms with Crippen LogP contribution in [0.25, 0.3) is 10.9 Å². The van der Waals surface area contributed by atoms with Gasteiger partial charge in [-0.1, -0.05) is 0 Å². The van der Waals surface area contributed by atoms with Crippen LogP contribution in [0.15, 0.2) is 28.0 Å². The molecule has 3 heterocycles. The molecule has 1 saturated heterocycles. The lowest BCUT2D eigenvalue weighted by molar-refractivity contribution is -0.137. The van der Waals surface area contributed by atoms with Gasteiger partial charge < -0.3 is 5.32 Å². The van der Waals surface area contributed by atoms with Gasteiger partial charge >= 0.3 is 11.9 Å². The van der Waals surface area contributed by atoms with E-state index in [-0.39, 0.29) is 11.7 Å². The fraction of sp³-hybridized carbons (Fsp3) is 0.529. The predicted octanol–water partition coefficient (Wildman–Crippen LogP) is 2.39. The highest BCUT2D eigenvalue weighted by Gasteiger charge is 2.34. The Bertz CT molecular complexity index is 898. The zero-order valence-corrected chi connectivity index (χ0v) is 15.3. The molecule has 1 fully saturated rings.